The van der Waals surface area contributed by atoms with E-state index in [1.54, 1.807) is 10.9 Å². The molecule has 0 fully saturated rings. The maximum Gasteiger partial charge on any atom is 0.0729 e. The van der Waals surface area contributed by atoms with Crippen LogP contribution in [0.5, 0.6) is 0 Å². The molecule has 0 amide bonds. The maximum atomic E-state index is 8.80. The number of nitrogens with one attached hydrogen (secondary N) is 1. The number of aromatic nitrogens is 2. The highest BCUT2D eigenvalue weighted by Crippen LogP contribution is 2.21. The van der Waals surface area contributed by atoms with E-state index in [-0.39, 0.29) is 6.61 Å². The van der Waals surface area contributed by atoms with Crippen molar-refractivity contribution >= 4 is 33.2 Å². The van der Waals surface area contributed by atoms with Gasteiger partial charge in [-0.05, 0) is 23.8 Å². The first-order chi connectivity index (χ1) is 8.69. The summed E-state index contributed by atoms with van der Waals surface area (Å²) in [6.45, 7) is 1.21. The second-order valence-corrected chi connectivity index (χ2v) is 5.13. The Kier molecular flexibility index (Phi) is 4.63. The summed E-state index contributed by atoms with van der Waals surface area (Å²) in [5.41, 5.74) is 1.92. The van der Waals surface area contributed by atoms with Crippen LogP contribution in [0.25, 0.3) is 0 Å². The van der Waals surface area contributed by atoms with Crippen molar-refractivity contribution in [3.8, 4) is 0 Å². The van der Waals surface area contributed by atoms with Crippen molar-refractivity contribution in [1.29, 1.82) is 0 Å². The van der Waals surface area contributed by atoms with Crippen LogP contribution in [0.2, 0.25) is 5.02 Å². The van der Waals surface area contributed by atoms with Crippen LogP contribution in [0, 0.1) is 0 Å². The SMILES string of the molecule is OCCn1cc(NCc2cc(Br)ccc2Cl)cn1. The second-order valence-electron chi connectivity index (χ2n) is 3.80. The molecule has 0 saturated heterocycles. The van der Waals surface area contributed by atoms with Gasteiger partial charge in [-0.1, -0.05) is 27.5 Å². The van der Waals surface area contributed by atoms with Crippen LogP contribution in [0.1, 0.15) is 5.56 Å². The number of halogens is 2. The summed E-state index contributed by atoms with van der Waals surface area (Å²) < 4.78 is 2.69. The number of hydrogen-bond donors (Lipinski definition) is 2. The summed E-state index contributed by atoms with van der Waals surface area (Å²) in [5.74, 6) is 0. The van der Waals surface area contributed by atoms with Gasteiger partial charge < -0.3 is 10.4 Å². The molecule has 0 aliphatic heterocycles. The third-order valence-corrected chi connectivity index (χ3v) is 3.32. The van der Waals surface area contributed by atoms with E-state index in [0.717, 1.165) is 20.7 Å². The number of benzene rings is 1. The molecule has 0 atom stereocenters. The number of anilines is 1. The number of hydrogen-bond acceptors (Lipinski definition) is 3. The summed E-state index contributed by atoms with van der Waals surface area (Å²) in [6.07, 6.45) is 3.57. The van der Waals surface area contributed by atoms with E-state index < -0.39 is 0 Å². The Morgan fingerprint density at radius 2 is 2.28 bits per heavy atom. The number of nitrogens with zero attached hydrogens (tertiary/aromatic N) is 2. The van der Waals surface area contributed by atoms with Crippen molar-refractivity contribution in [2.45, 2.75) is 13.1 Å². The minimum absolute atomic E-state index is 0.0819. The van der Waals surface area contributed by atoms with Crippen LogP contribution < -0.4 is 5.32 Å². The number of aliphatic hydroxyl groups excluding tert-OH is 1. The average molecular weight is 331 g/mol. The first kappa shape index (κ1) is 13.4. The zero-order valence-electron chi connectivity index (χ0n) is 9.61. The van der Waals surface area contributed by atoms with Gasteiger partial charge in [0.05, 0.1) is 25.0 Å². The summed E-state index contributed by atoms with van der Waals surface area (Å²) >= 11 is 9.52. The molecule has 2 aromatic rings. The number of rotatable bonds is 5. The van der Waals surface area contributed by atoms with Crippen molar-refractivity contribution in [3.63, 3.8) is 0 Å². The summed E-state index contributed by atoms with van der Waals surface area (Å²) in [6, 6.07) is 5.75. The first-order valence-corrected chi connectivity index (χ1v) is 6.67. The van der Waals surface area contributed by atoms with E-state index in [9.17, 15) is 0 Å². The van der Waals surface area contributed by atoms with Gasteiger partial charge in [0.15, 0.2) is 0 Å². The van der Waals surface area contributed by atoms with E-state index in [4.69, 9.17) is 16.7 Å². The van der Waals surface area contributed by atoms with Crippen molar-refractivity contribution in [2.75, 3.05) is 11.9 Å². The van der Waals surface area contributed by atoms with Gasteiger partial charge in [-0.25, -0.2) is 0 Å². The fraction of sp³-hybridized carbons (Fsp3) is 0.250. The Labute approximate surface area is 119 Å². The van der Waals surface area contributed by atoms with Gasteiger partial charge in [-0.15, -0.1) is 0 Å². The van der Waals surface area contributed by atoms with E-state index >= 15 is 0 Å². The smallest absolute Gasteiger partial charge is 0.0729 e. The molecular formula is C12H13BrClN3O. The lowest BCUT2D eigenvalue weighted by atomic mass is 10.2. The third-order valence-electron chi connectivity index (χ3n) is 2.45. The standard InChI is InChI=1S/C12H13BrClN3O/c13-10-1-2-12(14)9(5-10)6-15-11-7-16-17(8-11)3-4-18/h1-2,5,7-8,15,18H,3-4,6H2. The van der Waals surface area contributed by atoms with E-state index in [2.05, 4.69) is 26.3 Å². The Morgan fingerprint density at radius 1 is 1.44 bits per heavy atom. The van der Waals surface area contributed by atoms with Crippen molar-refractivity contribution < 1.29 is 5.11 Å². The zero-order chi connectivity index (χ0) is 13.0. The lowest BCUT2D eigenvalue weighted by molar-refractivity contribution is 0.269. The average Bonchev–Trinajstić information content (AvgIpc) is 2.79. The molecule has 0 unspecified atom stereocenters. The van der Waals surface area contributed by atoms with Crippen LogP contribution in [-0.2, 0) is 13.1 Å². The molecule has 96 valence electrons. The fourth-order valence-electron chi connectivity index (χ4n) is 1.56. The van der Waals surface area contributed by atoms with Crippen LogP contribution in [0.3, 0.4) is 0 Å². The Hall–Kier alpha value is -1.04. The van der Waals surface area contributed by atoms with E-state index in [0.29, 0.717) is 13.1 Å². The van der Waals surface area contributed by atoms with Gasteiger partial charge in [0.2, 0.25) is 0 Å². The largest absolute Gasteiger partial charge is 0.394 e. The highest BCUT2D eigenvalue weighted by atomic mass is 79.9. The lowest BCUT2D eigenvalue weighted by Crippen LogP contribution is -2.02. The van der Waals surface area contributed by atoms with Crippen molar-refractivity contribution in [1.82, 2.24) is 9.78 Å². The molecule has 1 aromatic carbocycles. The molecule has 1 aromatic heterocycles. The molecule has 0 aliphatic rings. The molecule has 0 aliphatic carbocycles. The minimum atomic E-state index is 0.0819. The maximum absolute atomic E-state index is 8.80. The molecule has 18 heavy (non-hydrogen) atoms. The predicted octanol–water partition coefficient (Wildman–Crippen LogP) is 2.90. The molecule has 6 heteroatoms. The lowest BCUT2D eigenvalue weighted by Gasteiger charge is -2.06. The summed E-state index contributed by atoms with van der Waals surface area (Å²) in [4.78, 5) is 0. The topological polar surface area (TPSA) is 50.1 Å². The molecule has 0 saturated carbocycles. The van der Waals surface area contributed by atoms with Crippen LogP contribution in [0.4, 0.5) is 5.69 Å². The summed E-state index contributed by atoms with van der Waals surface area (Å²) in [5, 5.41) is 16.9. The van der Waals surface area contributed by atoms with Crippen molar-refractivity contribution in [3.05, 3.63) is 45.7 Å². The van der Waals surface area contributed by atoms with E-state index in [1.807, 2.05) is 24.4 Å². The Morgan fingerprint density at radius 3 is 3.06 bits per heavy atom. The molecule has 2 N–H and O–H groups in total. The van der Waals surface area contributed by atoms with Gasteiger partial charge in [0.25, 0.3) is 0 Å². The highest BCUT2D eigenvalue weighted by Gasteiger charge is 2.02. The quantitative estimate of drug-likeness (QED) is 0.886. The summed E-state index contributed by atoms with van der Waals surface area (Å²) in [7, 11) is 0. The van der Waals surface area contributed by atoms with Crippen LogP contribution in [0.15, 0.2) is 35.1 Å². The minimum Gasteiger partial charge on any atom is -0.394 e. The van der Waals surface area contributed by atoms with Gasteiger partial charge in [-0.2, -0.15) is 5.10 Å². The van der Waals surface area contributed by atoms with Gasteiger partial charge in [-0.3, -0.25) is 4.68 Å². The number of aliphatic hydroxyl groups is 1. The molecule has 0 radical (unpaired) electrons. The molecule has 0 spiro atoms. The molecular weight excluding hydrogens is 318 g/mol. The van der Waals surface area contributed by atoms with Crippen LogP contribution >= 0.6 is 27.5 Å². The van der Waals surface area contributed by atoms with E-state index in [1.165, 1.54) is 0 Å². The monoisotopic (exact) mass is 329 g/mol. The molecule has 0 bridgehead atoms. The van der Waals surface area contributed by atoms with Gasteiger partial charge in [0.1, 0.15) is 0 Å². The highest BCUT2D eigenvalue weighted by molar-refractivity contribution is 9.10. The van der Waals surface area contributed by atoms with Crippen molar-refractivity contribution in [2.24, 2.45) is 0 Å². The first-order valence-electron chi connectivity index (χ1n) is 5.50. The predicted molar refractivity (Wildman–Crippen MR) is 75.8 cm³/mol. The third kappa shape index (κ3) is 3.48. The fourth-order valence-corrected chi connectivity index (χ4v) is 2.15. The molecule has 4 nitrogen and oxygen atoms in total. The van der Waals surface area contributed by atoms with Crippen LogP contribution in [-0.4, -0.2) is 21.5 Å². The molecule has 2 rings (SSSR count). The van der Waals surface area contributed by atoms with Gasteiger partial charge >= 0.3 is 0 Å². The Bertz CT molecular complexity index is 530. The van der Waals surface area contributed by atoms with Gasteiger partial charge in [0, 0.05) is 22.2 Å². The Balaban J connectivity index is 1.99. The molecule has 1 heterocycles. The second kappa shape index (κ2) is 6.22. The normalized spacial score (nSPS) is 10.6. The zero-order valence-corrected chi connectivity index (χ0v) is 11.9.